The van der Waals surface area contributed by atoms with Gasteiger partial charge >= 0.3 is 0 Å². The largest absolute Gasteiger partial charge is 0.383 e. The first-order valence-electron chi connectivity index (χ1n) is 7.05. The molecule has 1 aromatic heterocycles. The van der Waals surface area contributed by atoms with E-state index < -0.39 is 0 Å². The van der Waals surface area contributed by atoms with E-state index >= 15 is 0 Å². The SMILES string of the molecule is CCCc1c(N)ncnc1NCC1(C)CCOCC1. The Labute approximate surface area is 115 Å². The molecular weight excluding hydrogens is 240 g/mol. The number of ether oxygens (including phenoxy) is 1. The Kier molecular flexibility index (Phi) is 4.58. The first kappa shape index (κ1) is 14.1. The maximum atomic E-state index is 5.94. The molecule has 0 atom stereocenters. The predicted octanol–water partition coefficient (Wildman–Crippen LogP) is 2.24. The van der Waals surface area contributed by atoms with Gasteiger partial charge in [-0.25, -0.2) is 9.97 Å². The number of rotatable bonds is 5. The molecule has 0 radical (unpaired) electrons. The van der Waals surface area contributed by atoms with Crippen LogP contribution in [0.2, 0.25) is 0 Å². The maximum absolute atomic E-state index is 5.94. The van der Waals surface area contributed by atoms with Crippen molar-refractivity contribution in [3.63, 3.8) is 0 Å². The van der Waals surface area contributed by atoms with Crippen LogP contribution in [0.3, 0.4) is 0 Å². The van der Waals surface area contributed by atoms with Gasteiger partial charge in [-0.3, -0.25) is 0 Å². The van der Waals surface area contributed by atoms with Gasteiger partial charge in [-0.1, -0.05) is 20.3 Å². The maximum Gasteiger partial charge on any atom is 0.134 e. The number of nitrogens with two attached hydrogens (primary N) is 1. The fourth-order valence-corrected chi connectivity index (χ4v) is 2.41. The van der Waals surface area contributed by atoms with Crippen molar-refractivity contribution in [1.29, 1.82) is 0 Å². The highest BCUT2D eigenvalue weighted by Gasteiger charge is 2.27. The van der Waals surface area contributed by atoms with Gasteiger partial charge in [0.1, 0.15) is 18.0 Å². The van der Waals surface area contributed by atoms with Crippen molar-refractivity contribution in [3.05, 3.63) is 11.9 Å². The lowest BCUT2D eigenvalue weighted by molar-refractivity contribution is 0.0299. The van der Waals surface area contributed by atoms with E-state index in [-0.39, 0.29) is 5.41 Å². The minimum Gasteiger partial charge on any atom is -0.383 e. The summed E-state index contributed by atoms with van der Waals surface area (Å²) in [4.78, 5) is 8.42. The van der Waals surface area contributed by atoms with E-state index in [1.54, 1.807) is 0 Å². The zero-order chi connectivity index (χ0) is 13.7. The molecule has 1 aromatic rings. The molecule has 3 N–H and O–H groups in total. The van der Waals surface area contributed by atoms with Crippen LogP contribution in [0.4, 0.5) is 11.6 Å². The van der Waals surface area contributed by atoms with Crippen LogP contribution in [0.15, 0.2) is 6.33 Å². The van der Waals surface area contributed by atoms with Crippen molar-refractivity contribution in [2.75, 3.05) is 30.8 Å². The molecule has 2 rings (SSSR count). The van der Waals surface area contributed by atoms with Gasteiger partial charge in [-0.05, 0) is 24.7 Å². The van der Waals surface area contributed by atoms with Crippen LogP contribution in [-0.2, 0) is 11.2 Å². The molecule has 1 fully saturated rings. The Balaban J connectivity index is 2.04. The second-order valence-corrected chi connectivity index (χ2v) is 5.61. The monoisotopic (exact) mass is 264 g/mol. The minimum absolute atomic E-state index is 0.279. The van der Waals surface area contributed by atoms with Crippen LogP contribution < -0.4 is 11.1 Å². The van der Waals surface area contributed by atoms with Crippen molar-refractivity contribution in [3.8, 4) is 0 Å². The molecule has 1 aliphatic rings. The minimum atomic E-state index is 0.279. The van der Waals surface area contributed by atoms with Crippen molar-refractivity contribution in [2.24, 2.45) is 5.41 Å². The van der Waals surface area contributed by atoms with Crippen LogP contribution in [0.1, 0.15) is 38.7 Å². The van der Waals surface area contributed by atoms with Crippen LogP contribution in [0.25, 0.3) is 0 Å². The van der Waals surface area contributed by atoms with E-state index in [4.69, 9.17) is 10.5 Å². The molecule has 19 heavy (non-hydrogen) atoms. The molecule has 5 nitrogen and oxygen atoms in total. The Morgan fingerprint density at radius 3 is 2.79 bits per heavy atom. The van der Waals surface area contributed by atoms with E-state index in [0.717, 1.165) is 56.8 Å². The van der Waals surface area contributed by atoms with Crippen molar-refractivity contribution in [2.45, 2.75) is 39.5 Å². The lowest BCUT2D eigenvalue weighted by Crippen LogP contribution is -2.33. The summed E-state index contributed by atoms with van der Waals surface area (Å²) in [6.07, 6.45) is 5.66. The van der Waals surface area contributed by atoms with E-state index in [2.05, 4.69) is 29.1 Å². The Morgan fingerprint density at radius 1 is 1.37 bits per heavy atom. The van der Waals surface area contributed by atoms with E-state index in [9.17, 15) is 0 Å². The molecule has 106 valence electrons. The van der Waals surface area contributed by atoms with Crippen LogP contribution in [0, 0.1) is 5.41 Å². The molecule has 0 unspecified atom stereocenters. The number of nitrogens with zero attached hydrogens (tertiary/aromatic N) is 2. The summed E-state index contributed by atoms with van der Waals surface area (Å²) in [6, 6.07) is 0. The van der Waals surface area contributed by atoms with Crippen molar-refractivity contribution >= 4 is 11.6 Å². The molecule has 0 bridgehead atoms. The molecule has 5 heteroatoms. The van der Waals surface area contributed by atoms with Crippen LogP contribution in [0.5, 0.6) is 0 Å². The molecule has 1 saturated heterocycles. The van der Waals surface area contributed by atoms with Gasteiger partial charge in [0.05, 0.1) is 0 Å². The van der Waals surface area contributed by atoms with Gasteiger partial charge in [0.25, 0.3) is 0 Å². The summed E-state index contributed by atoms with van der Waals surface area (Å²) in [6.45, 7) is 7.05. The fourth-order valence-electron chi connectivity index (χ4n) is 2.41. The first-order chi connectivity index (χ1) is 9.14. The lowest BCUT2D eigenvalue weighted by atomic mass is 9.82. The standard InChI is InChI=1S/C14H24N4O/c1-3-4-11-12(15)17-10-18-13(11)16-9-14(2)5-7-19-8-6-14/h10H,3-9H2,1-2H3,(H3,15,16,17,18). The second-order valence-electron chi connectivity index (χ2n) is 5.61. The third kappa shape index (κ3) is 3.56. The highest BCUT2D eigenvalue weighted by Crippen LogP contribution is 2.30. The van der Waals surface area contributed by atoms with Gasteiger partial charge in [-0.15, -0.1) is 0 Å². The number of nitrogen functional groups attached to an aromatic ring is 1. The number of hydrogen-bond donors (Lipinski definition) is 2. The third-order valence-corrected chi connectivity index (χ3v) is 3.86. The fraction of sp³-hybridized carbons (Fsp3) is 0.714. The van der Waals surface area contributed by atoms with Gasteiger partial charge in [0.15, 0.2) is 0 Å². The second kappa shape index (κ2) is 6.19. The number of anilines is 2. The molecule has 0 aromatic carbocycles. The van der Waals surface area contributed by atoms with Crippen LogP contribution in [-0.4, -0.2) is 29.7 Å². The van der Waals surface area contributed by atoms with E-state index in [1.165, 1.54) is 6.33 Å². The zero-order valence-corrected chi connectivity index (χ0v) is 11.9. The van der Waals surface area contributed by atoms with E-state index in [0.29, 0.717) is 5.82 Å². The van der Waals surface area contributed by atoms with Gasteiger partial charge < -0.3 is 15.8 Å². The van der Waals surface area contributed by atoms with Crippen molar-refractivity contribution in [1.82, 2.24) is 9.97 Å². The van der Waals surface area contributed by atoms with Crippen LogP contribution >= 0.6 is 0 Å². The van der Waals surface area contributed by atoms with Crippen molar-refractivity contribution < 1.29 is 4.74 Å². The lowest BCUT2D eigenvalue weighted by Gasteiger charge is -2.34. The predicted molar refractivity (Wildman–Crippen MR) is 77.1 cm³/mol. The average Bonchev–Trinajstić information content (AvgIpc) is 2.41. The molecule has 1 aliphatic heterocycles. The number of hydrogen-bond acceptors (Lipinski definition) is 5. The summed E-state index contributed by atoms with van der Waals surface area (Å²) in [5.74, 6) is 1.48. The number of nitrogens with one attached hydrogen (secondary N) is 1. The Morgan fingerprint density at radius 2 is 2.11 bits per heavy atom. The summed E-state index contributed by atoms with van der Waals surface area (Å²) in [7, 11) is 0. The van der Waals surface area contributed by atoms with Gasteiger partial charge in [0.2, 0.25) is 0 Å². The molecule has 0 amide bonds. The summed E-state index contributed by atoms with van der Waals surface area (Å²) >= 11 is 0. The smallest absolute Gasteiger partial charge is 0.134 e. The van der Waals surface area contributed by atoms with E-state index in [1.807, 2.05) is 0 Å². The Hall–Kier alpha value is -1.36. The zero-order valence-electron chi connectivity index (χ0n) is 11.9. The molecule has 0 saturated carbocycles. The topological polar surface area (TPSA) is 73.1 Å². The Bertz CT molecular complexity index is 416. The summed E-state index contributed by atoms with van der Waals surface area (Å²) in [5, 5.41) is 3.46. The van der Waals surface area contributed by atoms with Gasteiger partial charge in [0, 0.05) is 25.3 Å². The normalized spacial score (nSPS) is 18.2. The number of aromatic nitrogens is 2. The first-order valence-corrected chi connectivity index (χ1v) is 7.05. The molecular formula is C14H24N4O. The average molecular weight is 264 g/mol. The van der Waals surface area contributed by atoms with Gasteiger partial charge in [-0.2, -0.15) is 0 Å². The highest BCUT2D eigenvalue weighted by molar-refractivity contribution is 5.55. The molecule has 0 spiro atoms. The summed E-state index contributed by atoms with van der Waals surface area (Å²) in [5.41, 5.74) is 7.26. The summed E-state index contributed by atoms with van der Waals surface area (Å²) < 4.78 is 5.42. The molecule has 0 aliphatic carbocycles. The third-order valence-electron chi connectivity index (χ3n) is 3.86. The quantitative estimate of drug-likeness (QED) is 0.853. The highest BCUT2D eigenvalue weighted by atomic mass is 16.5. The molecule has 2 heterocycles.